The second kappa shape index (κ2) is 7.57. The summed E-state index contributed by atoms with van der Waals surface area (Å²) in [6.07, 6.45) is 1.02. The van der Waals surface area contributed by atoms with Gasteiger partial charge >= 0.3 is 0 Å². The normalized spacial score (nSPS) is 16.8. The lowest BCUT2D eigenvalue weighted by Crippen LogP contribution is -2.33. The molecule has 0 bridgehead atoms. The molecule has 1 aromatic rings. The minimum absolute atomic E-state index is 0.0363. The third-order valence-corrected chi connectivity index (χ3v) is 5.10. The Balaban J connectivity index is 2.33. The highest BCUT2D eigenvalue weighted by atomic mass is 32.2. The van der Waals surface area contributed by atoms with E-state index in [1.807, 2.05) is 0 Å². The fraction of sp³-hybridized carbons (Fsp3) is 0.467. The van der Waals surface area contributed by atoms with Crippen molar-refractivity contribution in [3.05, 3.63) is 29.8 Å². The Bertz CT molecular complexity index is 623. The molecule has 114 valence electrons. The van der Waals surface area contributed by atoms with Crippen LogP contribution in [0.1, 0.15) is 18.4 Å². The van der Waals surface area contributed by atoms with Crippen molar-refractivity contribution < 1.29 is 18.3 Å². The van der Waals surface area contributed by atoms with Gasteiger partial charge in [0.15, 0.2) is 0 Å². The number of benzene rings is 1. The van der Waals surface area contributed by atoms with Crippen LogP contribution in [0.3, 0.4) is 0 Å². The van der Waals surface area contributed by atoms with E-state index in [9.17, 15) is 8.42 Å². The Morgan fingerprint density at radius 1 is 1.24 bits per heavy atom. The first-order chi connectivity index (χ1) is 10.2. The topological polar surface area (TPSA) is 66.8 Å². The van der Waals surface area contributed by atoms with Crippen molar-refractivity contribution in [2.45, 2.75) is 17.7 Å². The smallest absolute Gasteiger partial charge is 0.244 e. The van der Waals surface area contributed by atoms with Crippen LogP contribution in [0.25, 0.3) is 0 Å². The fourth-order valence-electron chi connectivity index (χ4n) is 2.11. The number of rotatable bonds is 3. The van der Waals surface area contributed by atoms with E-state index < -0.39 is 10.0 Å². The lowest BCUT2D eigenvalue weighted by atomic mass is 10.2. The van der Waals surface area contributed by atoms with E-state index in [0.717, 1.165) is 0 Å². The van der Waals surface area contributed by atoms with Crippen LogP contribution in [-0.4, -0.2) is 50.7 Å². The van der Waals surface area contributed by atoms with Gasteiger partial charge in [-0.2, -0.15) is 4.31 Å². The molecule has 5 nitrogen and oxygen atoms in total. The number of aliphatic hydroxyl groups is 1. The van der Waals surface area contributed by atoms with E-state index in [1.54, 1.807) is 24.3 Å². The minimum atomic E-state index is -3.56. The predicted molar refractivity (Wildman–Crippen MR) is 79.2 cm³/mol. The first-order valence-corrected chi connectivity index (χ1v) is 8.37. The molecular weight excluding hydrogens is 290 g/mol. The number of aliphatic hydroxyl groups excluding tert-OH is 1. The summed E-state index contributed by atoms with van der Waals surface area (Å²) in [5.74, 6) is 5.60. The molecule has 0 aliphatic carbocycles. The molecule has 0 radical (unpaired) electrons. The van der Waals surface area contributed by atoms with Gasteiger partial charge in [0.1, 0.15) is 0 Å². The summed E-state index contributed by atoms with van der Waals surface area (Å²) in [6.45, 7) is 1.79. The van der Waals surface area contributed by atoms with E-state index in [1.165, 1.54) is 4.31 Å². The van der Waals surface area contributed by atoms with Crippen molar-refractivity contribution in [1.29, 1.82) is 0 Å². The van der Waals surface area contributed by atoms with Gasteiger partial charge in [-0.3, -0.25) is 0 Å². The lowest BCUT2D eigenvalue weighted by Gasteiger charge is -2.20. The van der Waals surface area contributed by atoms with Gasteiger partial charge in [0.05, 0.1) is 18.1 Å². The van der Waals surface area contributed by atoms with Crippen molar-refractivity contribution in [1.82, 2.24) is 4.31 Å². The Morgan fingerprint density at radius 2 is 2.05 bits per heavy atom. The largest absolute Gasteiger partial charge is 0.395 e. The van der Waals surface area contributed by atoms with E-state index in [-0.39, 0.29) is 11.5 Å². The van der Waals surface area contributed by atoms with Gasteiger partial charge in [-0.1, -0.05) is 24.0 Å². The predicted octanol–water partition coefficient (Wildman–Crippen LogP) is 0.831. The maximum Gasteiger partial charge on any atom is 0.244 e. The fourth-order valence-corrected chi connectivity index (χ4v) is 3.72. The van der Waals surface area contributed by atoms with Crippen molar-refractivity contribution in [3.8, 4) is 11.8 Å². The van der Waals surface area contributed by atoms with Gasteiger partial charge in [0, 0.05) is 31.7 Å². The van der Waals surface area contributed by atoms with Crippen molar-refractivity contribution in [2.24, 2.45) is 0 Å². The zero-order chi connectivity index (χ0) is 15.1. The molecule has 1 saturated heterocycles. The first-order valence-electron chi connectivity index (χ1n) is 6.93. The molecule has 1 fully saturated rings. The Morgan fingerprint density at radius 3 is 2.86 bits per heavy atom. The van der Waals surface area contributed by atoms with Crippen LogP contribution >= 0.6 is 0 Å². The third-order valence-electron chi connectivity index (χ3n) is 3.15. The van der Waals surface area contributed by atoms with Crippen LogP contribution < -0.4 is 0 Å². The summed E-state index contributed by atoms with van der Waals surface area (Å²) in [5.41, 5.74) is 0.469. The molecule has 0 spiro atoms. The van der Waals surface area contributed by atoms with E-state index in [0.29, 0.717) is 44.7 Å². The molecule has 21 heavy (non-hydrogen) atoms. The Hall–Kier alpha value is -1.39. The zero-order valence-corrected chi connectivity index (χ0v) is 12.6. The van der Waals surface area contributed by atoms with Gasteiger partial charge in [-0.25, -0.2) is 8.42 Å². The summed E-state index contributed by atoms with van der Waals surface area (Å²) in [5, 5.41) is 8.77. The molecule has 0 amide bonds. The molecule has 0 unspecified atom stereocenters. The molecule has 0 saturated carbocycles. The van der Waals surface area contributed by atoms with Gasteiger partial charge < -0.3 is 9.84 Å². The molecule has 1 aromatic carbocycles. The van der Waals surface area contributed by atoms with Gasteiger partial charge in [0.25, 0.3) is 0 Å². The van der Waals surface area contributed by atoms with Crippen LogP contribution in [-0.2, 0) is 14.8 Å². The van der Waals surface area contributed by atoms with E-state index in [2.05, 4.69) is 11.8 Å². The zero-order valence-electron chi connectivity index (χ0n) is 11.8. The van der Waals surface area contributed by atoms with E-state index >= 15 is 0 Å². The molecule has 1 aliphatic heterocycles. The number of nitrogens with zero attached hydrogens (tertiary/aromatic N) is 1. The second-order valence-corrected chi connectivity index (χ2v) is 6.55. The van der Waals surface area contributed by atoms with E-state index in [4.69, 9.17) is 9.84 Å². The molecule has 0 aromatic heterocycles. The average Bonchev–Trinajstić information content (AvgIpc) is 2.77. The third kappa shape index (κ3) is 4.05. The molecular formula is C15H19NO4S. The minimum Gasteiger partial charge on any atom is -0.395 e. The van der Waals surface area contributed by atoms with Crippen LogP contribution in [0.4, 0.5) is 0 Å². The summed E-state index contributed by atoms with van der Waals surface area (Å²) in [7, 11) is -3.56. The van der Waals surface area contributed by atoms with Gasteiger partial charge in [-0.15, -0.1) is 0 Å². The highest BCUT2D eigenvalue weighted by molar-refractivity contribution is 7.89. The van der Waals surface area contributed by atoms with Crippen LogP contribution in [0.2, 0.25) is 0 Å². The number of hydrogen-bond acceptors (Lipinski definition) is 4. The first kappa shape index (κ1) is 16.0. The highest BCUT2D eigenvalue weighted by Gasteiger charge is 2.27. The molecule has 6 heteroatoms. The highest BCUT2D eigenvalue weighted by Crippen LogP contribution is 2.20. The maximum absolute atomic E-state index is 12.7. The molecule has 2 rings (SSSR count). The van der Waals surface area contributed by atoms with Gasteiger partial charge in [-0.05, 0) is 18.6 Å². The molecule has 1 aliphatic rings. The molecule has 0 atom stereocenters. The SMILES string of the molecule is O=S(=O)(c1ccccc1C#CCCO)N1CCCOCC1. The standard InChI is InChI=1S/C15H19NO4S/c17-11-4-3-7-14-6-1-2-8-15(14)21(18,19)16-9-5-12-20-13-10-16/h1-2,6,8,17H,4-5,9-13H2. The lowest BCUT2D eigenvalue weighted by molar-refractivity contribution is 0.148. The quantitative estimate of drug-likeness (QED) is 0.840. The summed E-state index contributed by atoms with van der Waals surface area (Å²) >= 11 is 0. The number of hydrogen-bond donors (Lipinski definition) is 1. The van der Waals surface area contributed by atoms with Crippen molar-refractivity contribution in [3.63, 3.8) is 0 Å². The molecule has 1 heterocycles. The van der Waals surface area contributed by atoms with Crippen LogP contribution in [0, 0.1) is 11.8 Å². The summed E-state index contributed by atoms with van der Waals surface area (Å²) < 4.78 is 32.2. The summed E-state index contributed by atoms with van der Waals surface area (Å²) in [6, 6.07) is 6.71. The number of ether oxygens (including phenoxy) is 1. The average molecular weight is 309 g/mol. The van der Waals surface area contributed by atoms with Gasteiger partial charge in [0.2, 0.25) is 10.0 Å². The maximum atomic E-state index is 12.7. The van der Waals surface area contributed by atoms with Crippen LogP contribution in [0.5, 0.6) is 0 Å². The van der Waals surface area contributed by atoms with Crippen molar-refractivity contribution >= 4 is 10.0 Å². The second-order valence-electron chi connectivity index (χ2n) is 4.64. The van der Waals surface area contributed by atoms with Crippen molar-refractivity contribution in [2.75, 3.05) is 32.9 Å². The number of sulfonamides is 1. The Labute approximate surface area is 125 Å². The monoisotopic (exact) mass is 309 g/mol. The summed E-state index contributed by atoms with van der Waals surface area (Å²) in [4.78, 5) is 0.220. The Kier molecular flexibility index (Phi) is 5.76. The molecule has 1 N–H and O–H groups in total. The van der Waals surface area contributed by atoms with Crippen LogP contribution in [0.15, 0.2) is 29.2 Å².